The Balaban J connectivity index is 2.29. The van der Waals surface area contributed by atoms with Crippen LogP contribution in [0.1, 0.15) is 41.3 Å². The lowest BCUT2D eigenvalue weighted by molar-refractivity contribution is -0.117. The highest BCUT2D eigenvalue weighted by Crippen LogP contribution is 2.21. The highest BCUT2D eigenvalue weighted by molar-refractivity contribution is 6.36. The number of nitrogens with one attached hydrogen (secondary N) is 2. The van der Waals surface area contributed by atoms with Crippen LogP contribution in [0.25, 0.3) is 6.08 Å². The molecule has 4 N–H and O–H groups in total. The van der Waals surface area contributed by atoms with Crippen molar-refractivity contribution in [3.05, 3.63) is 74.9 Å². The fraction of sp³-hybridized carbons (Fsp3) is 0.158. The number of hydrogen-bond donors (Lipinski definition) is 3. The van der Waals surface area contributed by atoms with Crippen molar-refractivity contribution in [2.24, 2.45) is 5.84 Å². The minimum absolute atomic E-state index is 0.000753. The second kappa shape index (κ2) is 8.85. The molecule has 0 bridgehead atoms. The second-order valence-electron chi connectivity index (χ2n) is 5.93. The van der Waals surface area contributed by atoms with Gasteiger partial charge in [-0.3, -0.25) is 15.0 Å². The van der Waals surface area contributed by atoms with Crippen molar-refractivity contribution < 1.29 is 9.59 Å². The Kier molecular flexibility index (Phi) is 6.80. The van der Waals surface area contributed by atoms with Gasteiger partial charge in [-0.2, -0.15) is 0 Å². The molecule has 0 radical (unpaired) electrons. The second-order valence-corrected chi connectivity index (χ2v) is 6.77. The van der Waals surface area contributed by atoms with Gasteiger partial charge in [0.25, 0.3) is 11.8 Å². The minimum atomic E-state index is -0.628. The number of hydrazine groups is 1. The highest BCUT2D eigenvalue weighted by Gasteiger charge is 2.16. The number of carbonyl (C=O) groups excluding carboxylic acids is 2. The fourth-order valence-electron chi connectivity index (χ4n) is 2.24. The Bertz CT molecular complexity index is 846. The van der Waals surface area contributed by atoms with Crippen LogP contribution in [0, 0.1) is 0 Å². The first-order chi connectivity index (χ1) is 12.3. The van der Waals surface area contributed by atoms with Gasteiger partial charge in [0.1, 0.15) is 5.70 Å². The molecule has 0 aliphatic heterocycles. The van der Waals surface area contributed by atoms with E-state index in [1.54, 1.807) is 6.07 Å². The molecular formula is C19H19Cl2N3O2. The van der Waals surface area contributed by atoms with Gasteiger partial charge in [-0.1, -0.05) is 61.3 Å². The normalized spacial score (nSPS) is 11.4. The van der Waals surface area contributed by atoms with Gasteiger partial charge in [-0.05, 0) is 41.3 Å². The number of halogens is 2. The van der Waals surface area contributed by atoms with Crippen LogP contribution in [0.4, 0.5) is 0 Å². The maximum Gasteiger partial charge on any atom is 0.281 e. The zero-order valence-electron chi connectivity index (χ0n) is 14.3. The smallest absolute Gasteiger partial charge is 0.281 e. The summed E-state index contributed by atoms with van der Waals surface area (Å²) in [5, 5.41) is 3.13. The van der Waals surface area contributed by atoms with Gasteiger partial charge in [0.15, 0.2) is 0 Å². The average Bonchev–Trinajstić information content (AvgIpc) is 2.60. The number of benzene rings is 2. The van der Waals surface area contributed by atoms with Crippen LogP contribution in [0.5, 0.6) is 0 Å². The van der Waals surface area contributed by atoms with Gasteiger partial charge in [0.05, 0.1) is 10.6 Å². The van der Waals surface area contributed by atoms with E-state index < -0.39 is 11.8 Å². The predicted molar refractivity (Wildman–Crippen MR) is 105 cm³/mol. The topological polar surface area (TPSA) is 84.2 Å². The van der Waals surface area contributed by atoms with E-state index in [1.807, 2.05) is 29.7 Å². The monoisotopic (exact) mass is 391 g/mol. The third-order valence-corrected chi connectivity index (χ3v) is 4.26. The molecule has 0 aliphatic carbocycles. The summed E-state index contributed by atoms with van der Waals surface area (Å²) in [7, 11) is 0. The third-order valence-electron chi connectivity index (χ3n) is 3.71. The predicted octanol–water partition coefficient (Wildman–Crippen LogP) is 3.88. The molecule has 0 saturated carbocycles. The number of carbonyl (C=O) groups is 2. The molecular weight excluding hydrogens is 373 g/mol. The van der Waals surface area contributed by atoms with Crippen LogP contribution in [0.3, 0.4) is 0 Å². The molecule has 7 heteroatoms. The molecule has 0 atom stereocenters. The number of nitrogens with two attached hydrogens (primary N) is 1. The number of rotatable bonds is 5. The van der Waals surface area contributed by atoms with Gasteiger partial charge in [-0.25, -0.2) is 5.84 Å². The molecule has 0 saturated heterocycles. The van der Waals surface area contributed by atoms with Crippen LogP contribution in [0.15, 0.2) is 48.2 Å². The van der Waals surface area contributed by atoms with Crippen molar-refractivity contribution in [1.82, 2.24) is 10.7 Å². The van der Waals surface area contributed by atoms with E-state index >= 15 is 0 Å². The summed E-state index contributed by atoms with van der Waals surface area (Å²) >= 11 is 11.9. The zero-order chi connectivity index (χ0) is 19.3. The molecule has 2 rings (SSSR count). The maximum absolute atomic E-state index is 12.4. The molecule has 0 spiro atoms. The largest absolute Gasteiger partial charge is 0.317 e. The molecule has 2 amide bonds. The summed E-state index contributed by atoms with van der Waals surface area (Å²) in [6, 6.07) is 12.1. The van der Waals surface area contributed by atoms with E-state index in [2.05, 4.69) is 19.2 Å². The first kappa shape index (κ1) is 20.0. The Morgan fingerprint density at radius 3 is 2.27 bits per heavy atom. The molecule has 26 heavy (non-hydrogen) atoms. The van der Waals surface area contributed by atoms with E-state index in [9.17, 15) is 9.59 Å². The molecule has 0 fully saturated rings. The molecule has 2 aromatic rings. The quantitative estimate of drug-likeness (QED) is 0.313. The molecule has 136 valence electrons. The van der Waals surface area contributed by atoms with E-state index in [1.165, 1.54) is 23.8 Å². The van der Waals surface area contributed by atoms with Crippen molar-refractivity contribution in [1.29, 1.82) is 0 Å². The summed E-state index contributed by atoms with van der Waals surface area (Å²) in [4.78, 5) is 24.5. The Morgan fingerprint density at radius 2 is 1.73 bits per heavy atom. The molecule has 5 nitrogen and oxygen atoms in total. The number of amides is 2. The molecule has 0 aromatic heterocycles. The Morgan fingerprint density at radius 1 is 1.08 bits per heavy atom. The lowest BCUT2D eigenvalue weighted by Crippen LogP contribution is -2.38. The van der Waals surface area contributed by atoms with Crippen LogP contribution < -0.4 is 16.6 Å². The van der Waals surface area contributed by atoms with Gasteiger partial charge >= 0.3 is 0 Å². The number of hydrogen-bond acceptors (Lipinski definition) is 3. The maximum atomic E-state index is 12.4. The molecule has 0 heterocycles. The lowest BCUT2D eigenvalue weighted by Gasteiger charge is -2.11. The third kappa shape index (κ3) is 5.08. The lowest BCUT2D eigenvalue weighted by atomic mass is 10.0. The van der Waals surface area contributed by atoms with Gasteiger partial charge in [0, 0.05) is 5.02 Å². The Hall–Kier alpha value is -2.34. The fourth-order valence-corrected chi connectivity index (χ4v) is 2.74. The first-order valence-electron chi connectivity index (χ1n) is 7.91. The van der Waals surface area contributed by atoms with Crippen molar-refractivity contribution in [3.8, 4) is 0 Å². The van der Waals surface area contributed by atoms with Gasteiger partial charge < -0.3 is 5.32 Å². The van der Waals surface area contributed by atoms with E-state index in [0.717, 1.165) is 5.56 Å². The summed E-state index contributed by atoms with van der Waals surface area (Å²) in [5.41, 5.74) is 4.13. The standard InChI is InChI=1S/C19H19Cl2N3O2/c1-11(2)13-5-3-12(4-6-13)9-17(19(26)24-22)23-18(25)15-8-7-14(20)10-16(15)21/h3-11H,22H2,1-2H3,(H,23,25)(H,24,26)/b17-9+. The van der Waals surface area contributed by atoms with Crippen molar-refractivity contribution in [3.63, 3.8) is 0 Å². The van der Waals surface area contributed by atoms with Crippen molar-refractivity contribution >= 4 is 41.1 Å². The molecule has 0 unspecified atom stereocenters. The van der Waals surface area contributed by atoms with Crippen LogP contribution >= 0.6 is 23.2 Å². The van der Waals surface area contributed by atoms with Gasteiger partial charge in [0.2, 0.25) is 0 Å². The molecule has 2 aromatic carbocycles. The summed E-state index contributed by atoms with van der Waals surface area (Å²) in [6.45, 7) is 4.18. The van der Waals surface area contributed by atoms with E-state index in [0.29, 0.717) is 10.9 Å². The molecule has 0 aliphatic rings. The first-order valence-corrected chi connectivity index (χ1v) is 8.66. The summed E-state index contributed by atoms with van der Waals surface area (Å²) in [5.74, 6) is 4.44. The van der Waals surface area contributed by atoms with Crippen LogP contribution in [-0.2, 0) is 4.79 Å². The average molecular weight is 392 g/mol. The highest BCUT2D eigenvalue weighted by atomic mass is 35.5. The van der Waals surface area contributed by atoms with Crippen molar-refractivity contribution in [2.75, 3.05) is 0 Å². The van der Waals surface area contributed by atoms with Crippen LogP contribution in [0.2, 0.25) is 10.0 Å². The summed E-state index contributed by atoms with van der Waals surface area (Å²) in [6.07, 6.45) is 1.54. The van der Waals surface area contributed by atoms with E-state index in [-0.39, 0.29) is 16.3 Å². The van der Waals surface area contributed by atoms with Crippen LogP contribution in [-0.4, -0.2) is 11.8 Å². The zero-order valence-corrected chi connectivity index (χ0v) is 15.9. The van der Waals surface area contributed by atoms with Crippen molar-refractivity contribution in [2.45, 2.75) is 19.8 Å². The van der Waals surface area contributed by atoms with Gasteiger partial charge in [-0.15, -0.1) is 0 Å². The van der Waals surface area contributed by atoms with E-state index in [4.69, 9.17) is 29.0 Å². The Labute approximate surface area is 162 Å². The SMILES string of the molecule is CC(C)c1ccc(/C=C(/NC(=O)c2ccc(Cl)cc2Cl)C(=O)NN)cc1. The summed E-state index contributed by atoms with van der Waals surface area (Å²) < 4.78 is 0. The minimum Gasteiger partial charge on any atom is -0.317 e.